The van der Waals surface area contributed by atoms with Crippen LogP contribution in [-0.2, 0) is 10.3 Å². The molecule has 5 nitrogen and oxygen atoms in total. The van der Waals surface area contributed by atoms with Crippen molar-refractivity contribution in [3.8, 4) is 0 Å². The van der Waals surface area contributed by atoms with Crippen LogP contribution in [-0.4, -0.2) is 62.3 Å². The Morgan fingerprint density at radius 2 is 1.53 bits per heavy atom. The van der Waals surface area contributed by atoms with E-state index in [1.165, 1.54) is 5.56 Å². The fourth-order valence-corrected chi connectivity index (χ4v) is 5.42. The molecule has 1 saturated carbocycles. The van der Waals surface area contributed by atoms with Crippen molar-refractivity contribution in [2.75, 3.05) is 45.8 Å². The zero-order chi connectivity index (χ0) is 21.2. The molecule has 1 aliphatic carbocycles. The van der Waals surface area contributed by atoms with Crippen molar-refractivity contribution in [1.29, 1.82) is 0 Å². The second kappa shape index (κ2) is 8.40. The number of anilines is 1. The van der Waals surface area contributed by atoms with Gasteiger partial charge in [0.25, 0.3) is 0 Å². The normalized spacial score (nSPS) is 26.7. The first kappa shape index (κ1) is 20.9. The van der Waals surface area contributed by atoms with Gasteiger partial charge in [-0.15, -0.1) is 0 Å². The lowest BCUT2D eigenvalue weighted by Gasteiger charge is -2.51. The highest BCUT2D eigenvalue weighted by molar-refractivity contribution is 5.95. The molecule has 0 unspecified atom stereocenters. The summed E-state index contributed by atoms with van der Waals surface area (Å²) in [6.45, 7) is 1.95. The Balaban J connectivity index is 1.63. The molecular formula is C25H33N3O2. The highest BCUT2D eigenvalue weighted by Gasteiger charge is 2.54. The first-order valence-corrected chi connectivity index (χ1v) is 10.9. The van der Waals surface area contributed by atoms with Gasteiger partial charge in [0.15, 0.2) is 0 Å². The molecule has 2 aromatic rings. The number of carbonyl (C=O) groups is 1. The average molecular weight is 408 g/mol. The van der Waals surface area contributed by atoms with Gasteiger partial charge in [0.2, 0.25) is 0 Å². The van der Waals surface area contributed by atoms with Crippen molar-refractivity contribution >= 4 is 11.7 Å². The molecule has 0 N–H and O–H groups in total. The second-order valence-electron chi connectivity index (χ2n) is 8.87. The van der Waals surface area contributed by atoms with Crippen molar-refractivity contribution in [2.24, 2.45) is 0 Å². The predicted molar refractivity (Wildman–Crippen MR) is 121 cm³/mol. The molecule has 30 heavy (non-hydrogen) atoms. The summed E-state index contributed by atoms with van der Waals surface area (Å²) in [6.07, 6.45) is 4.03. The maximum atomic E-state index is 13.4. The van der Waals surface area contributed by atoms with Gasteiger partial charge in [0.05, 0.1) is 18.7 Å². The quantitative estimate of drug-likeness (QED) is 0.714. The van der Waals surface area contributed by atoms with Gasteiger partial charge in [-0.3, -0.25) is 9.80 Å². The molecule has 0 aromatic heterocycles. The molecule has 1 spiro atoms. The highest BCUT2D eigenvalue weighted by Crippen LogP contribution is 2.49. The standard InChI is InChI=1S/C25H33N3O2/c1-26(2)25(21-10-6-4-7-11-21)16-14-24(15-17-25)20-27(22-12-8-5-9-13-22)23(29)28(24)18-19-30-3/h4-13H,14-20H2,1-3H3. The second-order valence-corrected chi connectivity index (χ2v) is 8.87. The van der Waals surface area contributed by atoms with Crippen LogP contribution in [0.2, 0.25) is 0 Å². The number of benzene rings is 2. The number of para-hydroxylation sites is 1. The molecule has 0 atom stereocenters. The van der Waals surface area contributed by atoms with E-state index in [2.05, 4.69) is 54.2 Å². The minimum Gasteiger partial charge on any atom is -0.383 e. The number of carbonyl (C=O) groups excluding carboxylic acids is 1. The maximum Gasteiger partial charge on any atom is 0.325 e. The Bertz CT molecular complexity index is 845. The molecule has 0 radical (unpaired) electrons. The van der Waals surface area contributed by atoms with Gasteiger partial charge in [-0.1, -0.05) is 48.5 Å². The van der Waals surface area contributed by atoms with Crippen LogP contribution < -0.4 is 4.90 Å². The van der Waals surface area contributed by atoms with Crippen LogP contribution >= 0.6 is 0 Å². The molecule has 1 saturated heterocycles. The van der Waals surface area contributed by atoms with Crippen LogP contribution in [0.15, 0.2) is 60.7 Å². The Hall–Kier alpha value is -2.37. The number of amides is 2. The number of rotatable bonds is 6. The zero-order valence-corrected chi connectivity index (χ0v) is 18.4. The molecule has 2 amide bonds. The third-order valence-electron chi connectivity index (χ3n) is 7.25. The van der Waals surface area contributed by atoms with Crippen molar-refractivity contribution in [3.05, 3.63) is 66.2 Å². The van der Waals surface area contributed by atoms with E-state index in [4.69, 9.17) is 4.74 Å². The summed E-state index contributed by atoms with van der Waals surface area (Å²) in [5.74, 6) is 0. The third kappa shape index (κ3) is 3.50. The first-order chi connectivity index (χ1) is 14.5. The number of ether oxygens (including phenoxy) is 1. The smallest absolute Gasteiger partial charge is 0.325 e. The fourth-order valence-electron chi connectivity index (χ4n) is 5.42. The van der Waals surface area contributed by atoms with Gasteiger partial charge >= 0.3 is 6.03 Å². The van der Waals surface area contributed by atoms with Gasteiger partial charge in [-0.05, 0) is 57.5 Å². The maximum absolute atomic E-state index is 13.4. The molecule has 2 aromatic carbocycles. The van der Waals surface area contributed by atoms with Crippen molar-refractivity contribution in [2.45, 2.75) is 36.8 Å². The van der Waals surface area contributed by atoms with Crippen LogP contribution in [0.4, 0.5) is 10.5 Å². The molecule has 5 heteroatoms. The number of urea groups is 1. The monoisotopic (exact) mass is 407 g/mol. The molecule has 2 fully saturated rings. The molecule has 4 rings (SSSR count). The van der Waals surface area contributed by atoms with E-state index < -0.39 is 0 Å². The summed E-state index contributed by atoms with van der Waals surface area (Å²) >= 11 is 0. The average Bonchev–Trinajstić information content (AvgIpc) is 3.05. The van der Waals surface area contributed by atoms with E-state index in [9.17, 15) is 4.79 Å². The van der Waals surface area contributed by atoms with Gasteiger partial charge in [-0.25, -0.2) is 4.79 Å². The molecule has 1 heterocycles. The lowest BCUT2D eigenvalue weighted by atomic mass is 9.68. The molecule has 1 aliphatic heterocycles. The Morgan fingerprint density at radius 1 is 0.933 bits per heavy atom. The van der Waals surface area contributed by atoms with Gasteiger partial charge < -0.3 is 9.64 Å². The molecular weight excluding hydrogens is 374 g/mol. The van der Waals surface area contributed by atoms with Crippen LogP contribution in [0.25, 0.3) is 0 Å². The van der Waals surface area contributed by atoms with Crippen molar-refractivity contribution in [1.82, 2.24) is 9.80 Å². The summed E-state index contributed by atoms with van der Waals surface area (Å²) < 4.78 is 5.35. The highest BCUT2D eigenvalue weighted by atomic mass is 16.5. The minimum absolute atomic E-state index is 0.0165. The Kier molecular flexibility index (Phi) is 5.85. The summed E-state index contributed by atoms with van der Waals surface area (Å²) in [5, 5.41) is 0. The predicted octanol–water partition coefficient (Wildman–Crippen LogP) is 4.34. The van der Waals surface area contributed by atoms with Crippen molar-refractivity contribution < 1.29 is 9.53 Å². The number of nitrogens with zero attached hydrogens (tertiary/aromatic N) is 3. The first-order valence-electron chi connectivity index (χ1n) is 10.9. The summed E-state index contributed by atoms with van der Waals surface area (Å²) in [6, 6.07) is 21.0. The van der Waals surface area contributed by atoms with Crippen LogP contribution in [0.5, 0.6) is 0 Å². The largest absolute Gasteiger partial charge is 0.383 e. The lowest BCUT2D eigenvalue weighted by molar-refractivity contribution is 0.0189. The number of methoxy groups -OCH3 is 1. The van der Waals surface area contributed by atoms with E-state index >= 15 is 0 Å². The van der Waals surface area contributed by atoms with Crippen LogP contribution in [0.1, 0.15) is 31.2 Å². The zero-order valence-electron chi connectivity index (χ0n) is 18.4. The summed E-state index contributed by atoms with van der Waals surface area (Å²) in [5.41, 5.74) is 2.23. The Morgan fingerprint density at radius 3 is 2.10 bits per heavy atom. The summed E-state index contributed by atoms with van der Waals surface area (Å²) in [4.78, 5) is 19.9. The van der Waals surface area contributed by atoms with Gasteiger partial charge in [-0.2, -0.15) is 0 Å². The van der Waals surface area contributed by atoms with Crippen LogP contribution in [0, 0.1) is 0 Å². The van der Waals surface area contributed by atoms with Gasteiger partial charge in [0, 0.05) is 24.9 Å². The van der Waals surface area contributed by atoms with E-state index in [0.717, 1.165) is 37.9 Å². The summed E-state index contributed by atoms with van der Waals surface area (Å²) in [7, 11) is 6.07. The van der Waals surface area contributed by atoms with E-state index in [-0.39, 0.29) is 17.1 Å². The third-order valence-corrected chi connectivity index (χ3v) is 7.25. The van der Waals surface area contributed by atoms with E-state index in [1.807, 2.05) is 35.2 Å². The topological polar surface area (TPSA) is 36.0 Å². The van der Waals surface area contributed by atoms with E-state index in [1.54, 1.807) is 7.11 Å². The van der Waals surface area contributed by atoms with Crippen LogP contribution in [0.3, 0.4) is 0 Å². The van der Waals surface area contributed by atoms with Crippen molar-refractivity contribution in [3.63, 3.8) is 0 Å². The Labute approximate surface area is 180 Å². The fraction of sp³-hybridized carbons (Fsp3) is 0.480. The molecule has 160 valence electrons. The van der Waals surface area contributed by atoms with E-state index in [0.29, 0.717) is 13.2 Å². The molecule has 2 aliphatic rings. The number of hydrogen-bond acceptors (Lipinski definition) is 3. The van der Waals surface area contributed by atoms with Gasteiger partial charge in [0.1, 0.15) is 0 Å². The SMILES string of the molecule is COCCN1C(=O)N(c2ccccc2)CC12CCC(c1ccccc1)(N(C)C)CC2. The molecule has 0 bridgehead atoms. The minimum atomic E-state index is -0.139. The number of hydrogen-bond donors (Lipinski definition) is 0. The lowest BCUT2D eigenvalue weighted by Crippen LogP contribution is -2.56.